The van der Waals surface area contributed by atoms with E-state index in [2.05, 4.69) is 15.3 Å². The van der Waals surface area contributed by atoms with E-state index in [0.717, 1.165) is 0 Å². The summed E-state index contributed by atoms with van der Waals surface area (Å²) in [6.07, 6.45) is 0.885. The van der Waals surface area contributed by atoms with Crippen molar-refractivity contribution in [3.8, 4) is 0 Å². The monoisotopic (exact) mass is 491 g/mol. The van der Waals surface area contributed by atoms with Gasteiger partial charge in [0.2, 0.25) is 23.5 Å². The second-order valence-corrected chi connectivity index (χ2v) is 9.95. The number of nitrogens with two attached hydrogens (primary N) is 1. The summed E-state index contributed by atoms with van der Waals surface area (Å²) < 4.78 is 0. The van der Waals surface area contributed by atoms with Gasteiger partial charge in [0.05, 0.1) is 10.5 Å². The van der Waals surface area contributed by atoms with Gasteiger partial charge in [-0.3, -0.25) is 14.9 Å². The number of rotatable bonds is 8. The maximum Gasteiger partial charge on any atom is 0.353 e. The Bertz CT molecular complexity index is 1060. The van der Waals surface area contributed by atoms with E-state index in [1.54, 1.807) is 61.9 Å². The number of nitrogens with zero attached hydrogens (tertiary/aromatic N) is 5. The van der Waals surface area contributed by atoms with Crippen LogP contribution in [-0.2, 0) is 4.79 Å². The lowest BCUT2D eigenvalue weighted by molar-refractivity contribution is -0.383. The van der Waals surface area contributed by atoms with Crippen molar-refractivity contribution < 1.29 is 14.8 Å². The molecule has 0 radical (unpaired) electrons. The molecule has 1 amide bonds. The lowest BCUT2D eigenvalue weighted by atomic mass is 9.80. The van der Waals surface area contributed by atoms with E-state index in [1.807, 2.05) is 0 Å². The van der Waals surface area contributed by atoms with E-state index in [1.165, 1.54) is 0 Å². The van der Waals surface area contributed by atoms with Crippen molar-refractivity contribution in [3.05, 3.63) is 39.4 Å². The molecule has 34 heavy (non-hydrogen) atoms. The van der Waals surface area contributed by atoms with Crippen molar-refractivity contribution in [2.75, 3.05) is 41.8 Å². The summed E-state index contributed by atoms with van der Waals surface area (Å²) in [4.78, 5) is 35.9. The van der Waals surface area contributed by atoms with Crippen molar-refractivity contribution in [2.24, 2.45) is 11.1 Å². The van der Waals surface area contributed by atoms with Crippen LogP contribution in [0.25, 0.3) is 0 Å². The smallest absolute Gasteiger partial charge is 0.353 e. The molecule has 3 rings (SSSR count). The summed E-state index contributed by atoms with van der Waals surface area (Å²) >= 11 is 5.97. The van der Waals surface area contributed by atoms with E-state index >= 15 is 0 Å². The number of primary amides is 1. The third-order valence-corrected chi connectivity index (χ3v) is 6.12. The Kier molecular flexibility index (Phi) is 7.18. The van der Waals surface area contributed by atoms with Crippen LogP contribution in [0, 0.1) is 15.5 Å². The van der Waals surface area contributed by atoms with Gasteiger partial charge in [-0.15, -0.1) is 0 Å². The van der Waals surface area contributed by atoms with Gasteiger partial charge in [0.15, 0.2) is 0 Å². The number of nitrogens with one attached hydrogen (secondary N) is 1. The molecule has 0 aliphatic carbocycles. The van der Waals surface area contributed by atoms with Crippen molar-refractivity contribution in [1.82, 2.24) is 9.97 Å². The quantitative estimate of drug-likeness (QED) is 0.373. The van der Waals surface area contributed by atoms with Crippen LogP contribution in [0.3, 0.4) is 0 Å². The second kappa shape index (κ2) is 9.59. The Labute approximate surface area is 203 Å². The fourth-order valence-corrected chi connectivity index (χ4v) is 3.98. The van der Waals surface area contributed by atoms with Gasteiger partial charge in [-0.05, 0) is 51.0 Å². The van der Waals surface area contributed by atoms with Crippen LogP contribution >= 0.6 is 11.6 Å². The molecule has 0 atom stereocenters. The predicted octanol–water partition coefficient (Wildman–Crippen LogP) is 3.08. The summed E-state index contributed by atoms with van der Waals surface area (Å²) in [6, 6.07) is 6.70. The van der Waals surface area contributed by atoms with Gasteiger partial charge < -0.3 is 26.0 Å². The van der Waals surface area contributed by atoms with Crippen LogP contribution in [0.15, 0.2) is 24.3 Å². The van der Waals surface area contributed by atoms with E-state index < -0.39 is 15.9 Å². The number of halogens is 1. The number of anilines is 4. The first kappa shape index (κ1) is 25.4. The van der Waals surface area contributed by atoms with E-state index in [-0.39, 0.29) is 35.7 Å². The third-order valence-electron chi connectivity index (χ3n) is 5.87. The number of nitro groups is 1. The van der Waals surface area contributed by atoms with Gasteiger partial charge in [0.25, 0.3) is 0 Å². The summed E-state index contributed by atoms with van der Waals surface area (Å²) in [5, 5.41) is 26.0. The molecule has 1 aromatic heterocycles. The number of carbonyl (C=O) groups is 1. The highest BCUT2D eigenvalue weighted by Crippen LogP contribution is 2.40. The largest absolute Gasteiger partial charge is 0.389 e. The Morgan fingerprint density at radius 3 is 2.41 bits per heavy atom. The number of piperidine rings is 1. The molecule has 0 saturated carbocycles. The number of aromatic nitrogens is 2. The molecule has 1 fully saturated rings. The predicted molar refractivity (Wildman–Crippen MR) is 132 cm³/mol. The molecule has 1 aliphatic rings. The van der Waals surface area contributed by atoms with Gasteiger partial charge >= 0.3 is 5.69 Å². The minimum absolute atomic E-state index is 0.0122. The van der Waals surface area contributed by atoms with Gasteiger partial charge in [-0.1, -0.05) is 18.5 Å². The molecule has 1 saturated heterocycles. The highest BCUT2D eigenvalue weighted by atomic mass is 35.5. The van der Waals surface area contributed by atoms with Crippen LogP contribution < -0.4 is 20.9 Å². The van der Waals surface area contributed by atoms with Crippen molar-refractivity contribution in [3.63, 3.8) is 0 Å². The Morgan fingerprint density at radius 2 is 1.91 bits per heavy atom. The topological polar surface area (TPSA) is 151 Å². The summed E-state index contributed by atoms with van der Waals surface area (Å²) in [7, 11) is 1.70. The van der Waals surface area contributed by atoms with Gasteiger partial charge in [0, 0.05) is 42.8 Å². The first-order valence-electron chi connectivity index (χ1n) is 10.9. The average Bonchev–Trinajstić information content (AvgIpc) is 2.74. The van der Waals surface area contributed by atoms with Crippen molar-refractivity contribution in [1.29, 1.82) is 0 Å². The fraction of sp³-hybridized carbons (Fsp3) is 0.500. The molecule has 184 valence electrons. The molecule has 12 heteroatoms. The van der Waals surface area contributed by atoms with Crippen LogP contribution in [0.2, 0.25) is 5.02 Å². The molecular formula is C22H30ClN7O4. The van der Waals surface area contributed by atoms with Crippen LogP contribution in [0.5, 0.6) is 0 Å². The number of aliphatic hydroxyl groups is 1. The minimum atomic E-state index is -1.04. The van der Waals surface area contributed by atoms with Crippen LogP contribution in [0.1, 0.15) is 33.6 Å². The number of hydrogen-bond donors (Lipinski definition) is 3. The molecule has 0 bridgehead atoms. The lowest BCUT2D eigenvalue weighted by Gasteiger charge is -2.37. The number of benzene rings is 1. The number of amides is 1. The zero-order chi connectivity index (χ0) is 25.3. The highest BCUT2D eigenvalue weighted by molar-refractivity contribution is 6.30. The highest BCUT2D eigenvalue weighted by Gasteiger charge is 2.38. The number of hydrogen-bond acceptors (Lipinski definition) is 9. The molecule has 4 N–H and O–H groups in total. The zero-order valence-corrected chi connectivity index (χ0v) is 20.5. The first-order chi connectivity index (χ1) is 15.8. The minimum Gasteiger partial charge on any atom is -0.389 e. The molecule has 0 unspecified atom stereocenters. The summed E-state index contributed by atoms with van der Waals surface area (Å²) in [5.74, 6) is -0.0267. The normalized spacial score (nSPS) is 15.6. The standard InChI is InChI=1S/C22H30ClN7O4/c1-21(2,32)13-28(4)20-26-17(25-15-7-5-14(23)6-8-15)16(30(33)34)18(27-20)29-11-9-22(3,10-12-29)19(24)31/h5-8,32H,9-13H2,1-4H3,(H2,24,31)(H,25,26,27). The molecule has 0 spiro atoms. The number of likely N-dealkylation sites (N-methyl/N-ethyl adjacent to an activating group) is 1. The van der Waals surface area contributed by atoms with Crippen LogP contribution in [-0.4, -0.2) is 58.2 Å². The fourth-order valence-electron chi connectivity index (χ4n) is 3.86. The molecule has 2 aromatic rings. The van der Waals surface area contributed by atoms with Crippen LogP contribution in [0.4, 0.5) is 29.0 Å². The Morgan fingerprint density at radius 1 is 1.32 bits per heavy atom. The Balaban J connectivity index is 2.08. The van der Waals surface area contributed by atoms with E-state index in [9.17, 15) is 20.0 Å². The first-order valence-corrected chi connectivity index (χ1v) is 11.2. The molecular weight excluding hydrogens is 462 g/mol. The lowest BCUT2D eigenvalue weighted by Crippen LogP contribution is -2.46. The second-order valence-electron chi connectivity index (χ2n) is 9.51. The third kappa shape index (κ3) is 5.84. The van der Waals surface area contributed by atoms with Crippen molar-refractivity contribution in [2.45, 2.75) is 39.2 Å². The van der Waals surface area contributed by atoms with Gasteiger partial charge in [-0.25, -0.2) is 0 Å². The molecule has 2 heterocycles. The summed E-state index contributed by atoms with van der Waals surface area (Å²) in [6.45, 7) is 6.04. The van der Waals surface area contributed by atoms with E-state index in [4.69, 9.17) is 17.3 Å². The SMILES string of the molecule is CN(CC(C)(C)O)c1nc(Nc2ccc(Cl)cc2)c([N+](=O)[O-])c(N2CCC(C)(C(N)=O)CC2)n1. The summed E-state index contributed by atoms with van der Waals surface area (Å²) in [5.41, 5.74) is 4.13. The molecule has 1 aromatic carbocycles. The Hall–Kier alpha value is -3.18. The zero-order valence-electron chi connectivity index (χ0n) is 19.7. The molecule has 1 aliphatic heterocycles. The number of carbonyl (C=O) groups excluding carboxylic acids is 1. The van der Waals surface area contributed by atoms with E-state index in [0.29, 0.717) is 36.6 Å². The maximum atomic E-state index is 12.2. The average molecular weight is 492 g/mol. The van der Waals surface area contributed by atoms with Gasteiger partial charge in [-0.2, -0.15) is 9.97 Å². The molecule has 11 nitrogen and oxygen atoms in total. The van der Waals surface area contributed by atoms with Gasteiger partial charge in [0.1, 0.15) is 0 Å². The maximum absolute atomic E-state index is 12.2. The van der Waals surface area contributed by atoms with Crippen molar-refractivity contribution >= 4 is 46.5 Å².